The Kier molecular flexibility index (Phi) is 2.47. The van der Waals surface area contributed by atoms with Crippen molar-refractivity contribution in [1.82, 2.24) is 10.2 Å². The summed E-state index contributed by atoms with van der Waals surface area (Å²) in [5, 5.41) is 13.6. The average Bonchev–Trinajstić information content (AvgIpc) is 2.61. The molecule has 2 rings (SSSR count). The molecule has 0 radical (unpaired) electrons. The largest absolute Gasteiger partial charge is 0.357 e. The molecule has 1 aromatic rings. The van der Waals surface area contributed by atoms with E-state index in [1.807, 2.05) is 6.92 Å². The highest BCUT2D eigenvalue weighted by molar-refractivity contribution is 7.15. The van der Waals surface area contributed by atoms with E-state index >= 15 is 0 Å². The average molecular weight is 211 g/mol. The lowest BCUT2D eigenvalue weighted by Crippen LogP contribution is -2.30. The SMILES string of the molecule is Cc1nnc(NC2CCCC2(C)C)s1. The predicted octanol–water partition coefficient (Wildman–Crippen LogP) is 2.84. The van der Waals surface area contributed by atoms with E-state index in [0.717, 1.165) is 10.1 Å². The summed E-state index contributed by atoms with van der Waals surface area (Å²) in [4.78, 5) is 0. The zero-order valence-corrected chi connectivity index (χ0v) is 9.82. The van der Waals surface area contributed by atoms with Gasteiger partial charge in [0, 0.05) is 6.04 Å². The summed E-state index contributed by atoms with van der Waals surface area (Å²) >= 11 is 1.64. The van der Waals surface area contributed by atoms with Gasteiger partial charge in [0.25, 0.3) is 0 Å². The van der Waals surface area contributed by atoms with Crippen LogP contribution in [0.3, 0.4) is 0 Å². The third kappa shape index (κ3) is 1.90. The third-order valence-corrected chi connectivity index (χ3v) is 3.85. The Morgan fingerprint density at radius 1 is 1.43 bits per heavy atom. The van der Waals surface area contributed by atoms with Gasteiger partial charge in [0.05, 0.1) is 0 Å². The molecule has 0 bridgehead atoms. The minimum absolute atomic E-state index is 0.402. The van der Waals surface area contributed by atoms with E-state index in [1.54, 1.807) is 11.3 Å². The molecule has 1 aliphatic rings. The smallest absolute Gasteiger partial charge is 0.205 e. The first-order valence-electron chi connectivity index (χ1n) is 5.14. The standard InChI is InChI=1S/C10H17N3S/c1-7-12-13-9(14-7)11-8-5-4-6-10(8,2)3/h8H,4-6H2,1-3H3,(H,11,13). The first-order chi connectivity index (χ1) is 6.58. The molecular formula is C10H17N3S. The number of nitrogens with one attached hydrogen (secondary N) is 1. The Hall–Kier alpha value is -0.640. The second-order valence-electron chi connectivity index (χ2n) is 4.70. The molecule has 1 saturated carbocycles. The fourth-order valence-corrected chi connectivity index (χ4v) is 2.74. The first kappa shape index (κ1) is 9.90. The van der Waals surface area contributed by atoms with E-state index in [-0.39, 0.29) is 0 Å². The van der Waals surface area contributed by atoms with Crippen LogP contribution in [0, 0.1) is 12.3 Å². The van der Waals surface area contributed by atoms with E-state index in [4.69, 9.17) is 0 Å². The summed E-state index contributed by atoms with van der Waals surface area (Å²) < 4.78 is 0. The summed E-state index contributed by atoms with van der Waals surface area (Å²) in [6, 6.07) is 0.565. The van der Waals surface area contributed by atoms with Gasteiger partial charge >= 0.3 is 0 Å². The van der Waals surface area contributed by atoms with E-state index in [0.29, 0.717) is 11.5 Å². The maximum Gasteiger partial charge on any atom is 0.205 e. The van der Waals surface area contributed by atoms with Crippen molar-refractivity contribution in [2.24, 2.45) is 5.41 Å². The molecule has 14 heavy (non-hydrogen) atoms. The van der Waals surface area contributed by atoms with Gasteiger partial charge in [-0.05, 0) is 25.2 Å². The molecule has 78 valence electrons. The van der Waals surface area contributed by atoms with Crippen molar-refractivity contribution >= 4 is 16.5 Å². The molecule has 1 N–H and O–H groups in total. The molecule has 0 aromatic carbocycles. The van der Waals surface area contributed by atoms with Crippen LogP contribution in [0.1, 0.15) is 38.1 Å². The second kappa shape index (κ2) is 3.50. The van der Waals surface area contributed by atoms with Gasteiger partial charge in [-0.2, -0.15) is 0 Å². The minimum Gasteiger partial charge on any atom is -0.357 e. The Labute approximate surface area is 88.9 Å². The summed E-state index contributed by atoms with van der Waals surface area (Å²) in [6.07, 6.45) is 3.89. The van der Waals surface area contributed by atoms with E-state index in [2.05, 4.69) is 29.4 Å². The van der Waals surface area contributed by atoms with Gasteiger partial charge in [-0.25, -0.2) is 0 Å². The van der Waals surface area contributed by atoms with Gasteiger partial charge in [0.1, 0.15) is 5.01 Å². The van der Waals surface area contributed by atoms with Crippen molar-refractivity contribution in [1.29, 1.82) is 0 Å². The summed E-state index contributed by atoms with van der Waals surface area (Å²) in [6.45, 7) is 6.64. The minimum atomic E-state index is 0.402. The fourth-order valence-electron chi connectivity index (χ4n) is 2.10. The highest BCUT2D eigenvalue weighted by atomic mass is 32.1. The molecule has 1 heterocycles. The molecule has 1 unspecified atom stereocenters. The van der Waals surface area contributed by atoms with Gasteiger partial charge in [-0.1, -0.05) is 31.6 Å². The van der Waals surface area contributed by atoms with Crippen LogP contribution in [0.2, 0.25) is 0 Å². The monoisotopic (exact) mass is 211 g/mol. The molecule has 3 nitrogen and oxygen atoms in total. The molecule has 0 amide bonds. The number of nitrogens with zero attached hydrogens (tertiary/aromatic N) is 2. The van der Waals surface area contributed by atoms with E-state index in [1.165, 1.54) is 19.3 Å². The molecule has 1 fully saturated rings. The van der Waals surface area contributed by atoms with Gasteiger partial charge in [-0.3, -0.25) is 0 Å². The first-order valence-corrected chi connectivity index (χ1v) is 5.96. The van der Waals surface area contributed by atoms with Gasteiger partial charge in [0.2, 0.25) is 5.13 Å². The van der Waals surface area contributed by atoms with Crippen molar-refractivity contribution in [3.63, 3.8) is 0 Å². The molecule has 4 heteroatoms. The molecule has 1 aliphatic carbocycles. The normalized spacial score (nSPS) is 25.2. The summed E-state index contributed by atoms with van der Waals surface area (Å²) in [5.41, 5.74) is 0.402. The number of hydrogen-bond acceptors (Lipinski definition) is 4. The molecule has 0 saturated heterocycles. The van der Waals surface area contributed by atoms with Crippen molar-refractivity contribution in [3.8, 4) is 0 Å². The number of hydrogen-bond donors (Lipinski definition) is 1. The molecule has 0 spiro atoms. The number of rotatable bonds is 2. The Morgan fingerprint density at radius 2 is 2.21 bits per heavy atom. The third-order valence-electron chi connectivity index (χ3n) is 3.08. The zero-order valence-electron chi connectivity index (χ0n) is 9.00. The van der Waals surface area contributed by atoms with Crippen LogP contribution in [-0.2, 0) is 0 Å². The van der Waals surface area contributed by atoms with E-state index in [9.17, 15) is 0 Å². The fraction of sp³-hybridized carbons (Fsp3) is 0.800. The Balaban J connectivity index is 2.04. The van der Waals surface area contributed by atoms with Gasteiger partial charge < -0.3 is 5.32 Å². The number of anilines is 1. The predicted molar refractivity (Wildman–Crippen MR) is 59.7 cm³/mol. The Bertz CT molecular complexity index is 319. The van der Waals surface area contributed by atoms with Crippen molar-refractivity contribution in [3.05, 3.63) is 5.01 Å². The Morgan fingerprint density at radius 3 is 2.71 bits per heavy atom. The quantitative estimate of drug-likeness (QED) is 0.817. The lowest BCUT2D eigenvalue weighted by Gasteiger charge is -2.27. The number of aryl methyl sites for hydroxylation is 1. The lowest BCUT2D eigenvalue weighted by molar-refractivity contribution is 0.350. The van der Waals surface area contributed by atoms with Crippen LogP contribution < -0.4 is 5.32 Å². The zero-order chi connectivity index (χ0) is 10.2. The summed E-state index contributed by atoms with van der Waals surface area (Å²) in [7, 11) is 0. The van der Waals surface area contributed by atoms with Crippen molar-refractivity contribution in [2.75, 3.05) is 5.32 Å². The maximum atomic E-state index is 4.10. The van der Waals surface area contributed by atoms with Crippen LogP contribution in [0.15, 0.2) is 0 Å². The van der Waals surface area contributed by atoms with Crippen LogP contribution in [0.25, 0.3) is 0 Å². The molecule has 0 aliphatic heterocycles. The summed E-state index contributed by atoms with van der Waals surface area (Å²) in [5.74, 6) is 0. The van der Waals surface area contributed by atoms with Gasteiger partial charge in [0.15, 0.2) is 0 Å². The maximum absolute atomic E-state index is 4.10. The molecular weight excluding hydrogens is 194 g/mol. The lowest BCUT2D eigenvalue weighted by atomic mass is 9.87. The topological polar surface area (TPSA) is 37.8 Å². The van der Waals surface area contributed by atoms with E-state index < -0.39 is 0 Å². The second-order valence-corrected chi connectivity index (χ2v) is 5.89. The molecule has 1 aromatic heterocycles. The van der Waals surface area contributed by atoms with Crippen LogP contribution in [0.4, 0.5) is 5.13 Å². The van der Waals surface area contributed by atoms with Crippen molar-refractivity contribution < 1.29 is 0 Å². The van der Waals surface area contributed by atoms with Crippen LogP contribution in [0.5, 0.6) is 0 Å². The van der Waals surface area contributed by atoms with Gasteiger partial charge in [-0.15, -0.1) is 10.2 Å². The van der Waals surface area contributed by atoms with Crippen LogP contribution in [-0.4, -0.2) is 16.2 Å². The highest BCUT2D eigenvalue weighted by Gasteiger charge is 2.34. The van der Waals surface area contributed by atoms with Crippen molar-refractivity contribution in [2.45, 2.75) is 46.1 Å². The highest BCUT2D eigenvalue weighted by Crippen LogP contribution is 2.39. The van der Waals surface area contributed by atoms with Crippen LogP contribution >= 0.6 is 11.3 Å². The molecule has 1 atom stereocenters. The number of aromatic nitrogens is 2.